The van der Waals surface area contributed by atoms with E-state index in [0.29, 0.717) is 13.2 Å². The zero-order chi connectivity index (χ0) is 19.4. The Kier molecular flexibility index (Phi) is 6.36. The van der Waals surface area contributed by atoms with Crippen LogP contribution in [0.25, 0.3) is 0 Å². The molecule has 1 aliphatic heterocycles. The summed E-state index contributed by atoms with van der Waals surface area (Å²) in [7, 11) is -3.80. The molecule has 1 aromatic rings. The van der Waals surface area contributed by atoms with Gasteiger partial charge in [0.2, 0.25) is 10.0 Å². The molecule has 0 bridgehead atoms. The van der Waals surface area contributed by atoms with E-state index in [-0.39, 0.29) is 40.6 Å². The molecule has 3 rings (SSSR count). The standard InChI is InChI=1S/C17H21ClN2O6S/c18-14-5-4-13(19-16(21)11-26-17(22)12-2-1-3-12)10-15(14)27(23,24)20-6-8-25-9-7-20/h4-5,10,12H,1-3,6-9,11H2,(H,19,21). The first-order valence-electron chi connectivity index (χ1n) is 8.72. The first-order valence-corrected chi connectivity index (χ1v) is 10.5. The number of halogens is 1. The third-order valence-corrected chi connectivity index (χ3v) is 6.97. The molecule has 8 nitrogen and oxygen atoms in total. The van der Waals surface area contributed by atoms with Gasteiger partial charge in [0.1, 0.15) is 4.90 Å². The van der Waals surface area contributed by atoms with E-state index in [4.69, 9.17) is 21.1 Å². The fraction of sp³-hybridized carbons (Fsp3) is 0.529. The smallest absolute Gasteiger partial charge is 0.309 e. The zero-order valence-electron chi connectivity index (χ0n) is 14.6. The van der Waals surface area contributed by atoms with Crippen molar-refractivity contribution in [2.24, 2.45) is 5.92 Å². The average molecular weight is 417 g/mol. The molecule has 0 spiro atoms. The van der Waals surface area contributed by atoms with Gasteiger partial charge in [-0.05, 0) is 31.0 Å². The van der Waals surface area contributed by atoms with Crippen LogP contribution in [-0.4, -0.2) is 57.5 Å². The normalized spacial score (nSPS) is 18.6. The quantitative estimate of drug-likeness (QED) is 0.707. The number of hydrogen-bond acceptors (Lipinski definition) is 6. The zero-order valence-corrected chi connectivity index (χ0v) is 16.2. The molecule has 1 saturated heterocycles. The van der Waals surface area contributed by atoms with Gasteiger partial charge in [-0.1, -0.05) is 18.0 Å². The third kappa shape index (κ3) is 4.78. The van der Waals surface area contributed by atoms with E-state index in [1.165, 1.54) is 22.5 Å². The van der Waals surface area contributed by atoms with E-state index in [0.717, 1.165) is 19.3 Å². The van der Waals surface area contributed by atoms with Crippen molar-refractivity contribution in [3.8, 4) is 0 Å². The monoisotopic (exact) mass is 416 g/mol. The topological polar surface area (TPSA) is 102 Å². The van der Waals surface area contributed by atoms with Gasteiger partial charge < -0.3 is 14.8 Å². The largest absolute Gasteiger partial charge is 0.455 e. The molecule has 1 heterocycles. The first kappa shape index (κ1) is 20.1. The third-order valence-electron chi connectivity index (χ3n) is 4.59. The summed E-state index contributed by atoms with van der Waals surface area (Å²) in [5.41, 5.74) is 0.260. The maximum Gasteiger partial charge on any atom is 0.309 e. The molecule has 1 saturated carbocycles. The summed E-state index contributed by atoms with van der Waals surface area (Å²) in [4.78, 5) is 23.6. The van der Waals surface area contributed by atoms with Crippen LogP contribution >= 0.6 is 11.6 Å². The lowest BCUT2D eigenvalue weighted by atomic mass is 9.86. The minimum absolute atomic E-state index is 0.0656. The molecule has 1 amide bonds. The van der Waals surface area contributed by atoms with E-state index >= 15 is 0 Å². The number of nitrogens with one attached hydrogen (secondary N) is 1. The molecular weight excluding hydrogens is 396 g/mol. The maximum atomic E-state index is 12.8. The molecule has 10 heteroatoms. The van der Waals surface area contributed by atoms with Crippen LogP contribution in [0.2, 0.25) is 5.02 Å². The number of hydrogen-bond donors (Lipinski definition) is 1. The van der Waals surface area contributed by atoms with Gasteiger partial charge in [-0.3, -0.25) is 9.59 Å². The predicted octanol–water partition coefficient (Wildman–Crippen LogP) is 1.64. The molecule has 2 fully saturated rings. The highest BCUT2D eigenvalue weighted by atomic mass is 35.5. The van der Waals surface area contributed by atoms with Crippen LogP contribution in [0.15, 0.2) is 23.1 Å². The number of anilines is 1. The summed E-state index contributed by atoms with van der Waals surface area (Å²) < 4.78 is 37.0. The molecular formula is C17H21ClN2O6S. The molecule has 0 unspecified atom stereocenters. The van der Waals surface area contributed by atoms with Crippen molar-refractivity contribution in [3.05, 3.63) is 23.2 Å². The number of benzene rings is 1. The molecule has 148 valence electrons. The van der Waals surface area contributed by atoms with Gasteiger partial charge in [0.25, 0.3) is 5.91 Å². The van der Waals surface area contributed by atoms with E-state index in [9.17, 15) is 18.0 Å². The predicted molar refractivity (Wildman–Crippen MR) is 98.0 cm³/mol. The second kappa shape index (κ2) is 8.55. The maximum absolute atomic E-state index is 12.8. The van der Waals surface area contributed by atoms with Crippen molar-refractivity contribution in [1.29, 1.82) is 0 Å². The summed E-state index contributed by atoms with van der Waals surface area (Å²) >= 11 is 6.08. The van der Waals surface area contributed by atoms with Crippen molar-refractivity contribution in [2.75, 3.05) is 38.2 Å². The number of rotatable bonds is 6. The Labute approximate surface area is 162 Å². The number of esters is 1. The van der Waals surface area contributed by atoms with Crippen LogP contribution in [-0.2, 0) is 29.1 Å². The highest BCUT2D eigenvalue weighted by Gasteiger charge is 2.29. The SMILES string of the molecule is O=C(COC(=O)C1CCC1)Nc1ccc(Cl)c(S(=O)(=O)N2CCOCC2)c1. The Hall–Kier alpha value is -1.68. The fourth-order valence-corrected chi connectivity index (χ4v) is 4.71. The van der Waals surface area contributed by atoms with Gasteiger partial charge in [-0.25, -0.2) is 8.42 Å². The van der Waals surface area contributed by atoms with Crippen molar-refractivity contribution >= 4 is 39.2 Å². The molecule has 0 radical (unpaired) electrons. The second-order valence-corrected chi connectivity index (χ2v) is 8.76. The van der Waals surface area contributed by atoms with E-state index in [1.54, 1.807) is 0 Å². The number of carbonyl (C=O) groups excluding carboxylic acids is 2. The van der Waals surface area contributed by atoms with Gasteiger partial charge in [-0.2, -0.15) is 4.31 Å². The van der Waals surface area contributed by atoms with Gasteiger partial charge in [0, 0.05) is 18.8 Å². The Bertz CT molecular complexity index is 819. The molecule has 1 aliphatic carbocycles. The van der Waals surface area contributed by atoms with Crippen LogP contribution in [0.3, 0.4) is 0 Å². The fourth-order valence-electron chi connectivity index (χ4n) is 2.80. The molecule has 1 aromatic carbocycles. The highest BCUT2D eigenvalue weighted by Crippen LogP contribution is 2.29. The van der Waals surface area contributed by atoms with Crippen LogP contribution in [0.5, 0.6) is 0 Å². The molecule has 27 heavy (non-hydrogen) atoms. The van der Waals surface area contributed by atoms with Gasteiger partial charge >= 0.3 is 5.97 Å². The molecule has 2 aliphatic rings. The summed E-state index contributed by atoms with van der Waals surface area (Å²) in [5.74, 6) is -1.03. The highest BCUT2D eigenvalue weighted by molar-refractivity contribution is 7.89. The Morgan fingerprint density at radius 2 is 1.96 bits per heavy atom. The van der Waals surface area contributed by atoms with Crippen LogP contribution in [0.4, 0.5) is 5.69 Å². The molecule has 0 aromatic heterocycles. The van der Waals surface area contributed by atoms with Gasteiger partial charge in [-0.15, -0.1) is 0 Å². The van der Waals surface area contributed by atoms with E-state index in [2.05, 4.69) is 5.32 Å². The lowest BCUT2D eigenvalue weighted by molar-refractivity contribution is -0.154. The number of ether oxygens (including phenoxy) is 2. The number of sulfonamides is 1. The number of nitrogens with zero attached hydrogens (tertiary/aromatic N) is 1. The summed E-state index contributed by atoms with van der Waals surface area (Å²) in [6, 6.07) is 4.20. The Balaban J connectivity index is 1.65. The summed E-state index contributed by atoms with van der Waals surface area (Å²) in [6.07, 6.45) is 2.58. The molecule has 1 N–H and O–H groups in total. The minimum atomic E-state index is -3.80. The van der Waals surface area contributed by atoms with Crippen molar-refractivity contribution in [2.45, 2.75) is 24.2 Å². The Morgan fingerprint density at radius 3 is 2.59 bits per heavy atom. The summed E-state index contributed by atoms with van der Waals surface area (Å²) in [6.45, 7) is 0.710. The second-order valence-electron chi connectivity index (χ2n) is 6.45. The van der Waals surface area contributed by atoms with Gasteiger partial charge in [0.15, 0.2) is 6.61 Å². The molecule has 0 atom stereocenters. The first-order chi connectivity index (χ1) is 12.9. The van der Waals surface area contributed by atoms with Crippen LogP contribution < -0.4 is 5.32 Å². The van der Waals surface area contributed by atoms with E-state index < -0.39 is 22.5 Å². The number of morpholine rings is 1. The van der Waals surface area contributed by atoms with E-state index in [1.807, 2.05) is 0 Å². The van der Waals surface area contributed by atoms with Crippen LogP contribution in [0, 0.1) is 5.92 Å². The summed E-state index contributed by atoms with van der Waals surface area (Å²) in [5, 5.41) is 2.60. The lowest BCUT2D eigenvalue weighted by Gasteiger charge is -2.26. The number of amides is 1. The number of carbonyl (C=O) groups is 2. The minimum Gasteiger partial charge on any atom is -0.455 e. The van der Waals surface area contributed by atoms with Gasteiger partial charge in [0.05, 0.1) is 24.2 Å². The van der Waals surface area contributed by atoms with Crippen LogP contribution in [0.1, 0.15) is 19.3 Å². The van der Waals surface area contributed by atoms with Crippen molar-refractivity contribution < 1.29 is 27.5 Å². The average Bonchev–Trinajstić information content (AvgIpc) is 2.61. The Morgan fingerprint density at radius 1 is 1.26 bits per heavy atom. The lowest BCUT2D eigenvalue weighted by Crippen LogP contribution is -2.40. The van der Waals surface area contributed by atoms with Crippen molar-refractivity contribution in [3.63, 3.8) is 0 Å². The van der Waals surface area contributed by atoms with Crippen molar-refractivity contribution in [1.82, 2.24) is 4.31 Å².